The monoisotopic (exact) mass is 565 g/mol. The van der Waals surface area contributed by atoms with Gasteiger partial charge in [-0.15, -0.1) is 5.11 Å². The minimum atomic E-state index is 0.341. The summed E-state index contributed by atoms with van der Waals surface area (Å²) >= 11 is 0. The van der Waals surface area contributed by atoms with Gasteiger partial charge in [-0.3, -0.25) is 0 Å². The van der Waals surface area contributed by atoms with E-state index in [2.05, 4.69) is 156 Å². The molecule has 0 aromatic heterocycles. The third-order valence-corrected chi connectivity index (χ3v) is 8.24. The maximum absolute atomic E-state index is 5.13. The lowest BCUT2D eigenvalue weighted by atomic mass is 9.85. The number of hydrogen-bond acceptors (Lipinski definition) is 2. The highest BCUT2D eigenvalue weighted by Crippen LogP contribution is 2.40. The first-order valence-corrected chi connectivity index (χ1v) is 16.0. The molecule has 3 aromatic carbocycles. The summed E-state index contributed by atoms with van der Waals surface area (Å²) in [6.07, 6.45) is 2.23. The van der Waals surface area contributed by atoms with Gasteiger partial charge in [0.1, 0.15) is 0 Å². The van der Waals surface area contributed by atoms with Crippen molar-refractivity contribution >= 4 is 16.9 Å². The van der Waals surface area contributed by atoms with Crippen LogP contribution in [0.2, 0.25) is 0 Å². The van der Waals surface area contributed by atoms with E-state index >= 15 is 0 Å². The second-order valence-electron chi connectivity index (χ2n) is 13.7. The maximum Gasteiger partial charge on any atom is 0.0943 e. The van der Waals surface area contributed by atoms with Gasteiger partial charge < -0.3 is 0 Å². The Hall–Kier alpha value is -3.20. The zero-order valence-corrected chi connectivity index (χ0v) is 28.6. The van der Waals surface area contributed by atoms with Crippen LogP contribution in [0.5, 0.6) is 0 Å². The predicted octanol–water partition coefficient (Wildman–Crippen LogP) is 13.0. The van der Waals surface area contributed by atoms with Crippen molar-refractivity contribution in [2.24, 2.45) is 10.3 Å². The van der Waals surface area contributed by atoms with Crippen molar-refractivity contribution in [1.29, 1.82) is 0 Å². The third kappa shape index (κ3) is 7.41. The molecule has 3 aromatic rings. The van der Waals surface area contributed by atoms with Gasteiger partial charge >= 0.3 is 0 Å². The first-order valence-electron chi connectivity index (χ1n) is 16.0. The summed E-state index contributed by atoms with van der Waals surface area (Å²) in [7, 11) is 0. The number of rotatable bonds is 11. The number of nitrogens with zero attached hydrogens (tertiary/aromatic N) is 3. The Morgan fingerprint density at radius 1 is 0.524 bits per heavy atom. The van der Waals surface area contributed by atoms with E-state index in [4.69, 9.17) is 10.3 Å². The Labute approximate surface area is 257 Å². The van der Waals surface area contributed by atoms with E-state index in [0.717, 1.165) is 11.4 Å². The van der Waals surface area contributed by atoms with Gasteiger partial charge in [0.25, 0.3) is 0 Å². The van der Waals surface area contributed by atoms with Crippen molar-refractivity contribution in [2.45, 2.75) is 126 Å². The van der Waals surface area contributed by atoms with Crippen molar-refractivity contribution in [2.75, 3.05) is 5.01 Å². The van der Waals surface area contributed by atoms with Gasteiger partial charge in [-0.05, 0) is 86.9 Å². The van der Waals surface area contributed by atoms with Gasteiger partial charge in [0, 0.05) is 6.20 Å². The van der Waals surface area contributed by atoms with Gasteiger partial charge in [0.05, 0.1) is 11.4 Å². The molecule has 3 heteroatoms. The molecular formula is C39H55N3. The topological polar surface area (TPSA) is 28.0 Å². The summed E-state index contributed by atoms with van der Waals surface area (Å²) in [6, 6.07) is 20.0. The summed E-state index contributed by atoms with van der Waals surface area (Å²) < 4.78 is 0. The molecule has 226 valence electrons. The Morgan fingerprint density at radius 2 is 0.857 bits per heavy atom. The van der Waals surface area contributed by atoms with Crippen LogP contribution >= 0.6 is 0 Å². The van der Waals surface area contributed by atoms with Crippen molar-refractivity contribution in [3.8, 4) is 0 Å². The quantitative estimate of drug-likeness (QED) is 0.168. The van der Waals surface area contributed by atoms with Crippen LogP contribution in [0, 0.1) is 0 Å². The van der Waals surface area contributed by atoms with Crippen LogP contribution in [0.1, 0.15) is 164 Å². The Bertz CT molecular complexity index is 1320. The summed E-state index contributed by atoms with van der Waals surface area (Å²) in [5.41, 5.74) is 12.5. The summed E-state index contributed by atoms with van der Waals surface area (Å²) in [5, 5.41) is 12.3. The molecule has 0 spiro atoms. The van der Waals surface area contributed by atoms with Crippen molar-refractivity contribution < 1.29 is 0 Å². The highest BCUT2D eigenvalue weighted by molar-refractivity contribution is 5.74. The van der Waals surface area contributed by atoms with E-state index < -0.39 is 0 Å². The van der Waals surface area contributed by atoms with Crippen molar-refractivity contribution in [1.82, 2.24) is 0 Å². The second kappa shape index (κ2) is 14.3. The van der Waals surface area contributed by atoms with Crippen LogP contribution < -0.4 is 5.01 Å². The van der Waals surface area contributed by atoms with Crippen molar-refractivity contribution in [3.05, 3.63) is 99.7 Å². The fourth-order valence-electron chi connectivity index (χ4n) is 5.89. The molecule has 0 saturated carbocycles. The molecule has 0 N–H and O–H groups in total. The molecule has 0 aliphatic rings. The average molecular weight is 566 g/mol. The zero-order chi connectivity index (χ0) is 31.3. The molecule has 0 aliphatic heterocycles. The number of anilines is 1. The highest BCUT2D eigenvalue weighted by atomic mass is 15.5. The Balaban J connectivity index is 2.40. The SMILES string of the molecule is C/C(=C\N(N=Nc1c(C(C)C)cccc1C(C)C)c1c(C(C)C)cccc1C(C)C)c1c(C(C)C)cccc1C(C)C. The molecule has 42 heavy (non-hydrogen) atoms. The lowest BCUT2D eigenvalue weighted by molar-refractivity contribution is 0.802. The fraction of sp³-hybridized carbons (Fsp3) is 0.487. The molecule has 3 rings (SSSR count). The smallest absolute Gasteiger partial charge is 0.0943 e. The minimum Gasteiger partial charge on any atom is -0.222 e. The van der Waals surface area contributed by atoms with Crippen LogP contribution in [0.4, 0.5) is 11.4 Å². The normalized spacial score (nSPS) is 12.8. The number of para-hydroxylation sites is 1. The molecule has 0 unspecified atom stereocenters. The van der Waals surface area contributed by atoms with Crippen LogP contribution in [-0.4, -0.2) is 0 Å². The molecule has 0 atom stereocenters. The Morgan fingerprint density at radius 3 is 1.21 bits per heavy atom. The van der Waals surface area contributed by atoms with Gasteiger partial charge in [-0.1, -0.05) is 143 Å². The number of hydrogen-bond donors (Lipinski definition) is 0. The third-order valence-electron chi connectivity index (χ3n) is 8.24. The van der Waals surface area contributed by atoms with Gasteiger partial charge in [0.2, 0.25) is 0 Å². The number of allylic oxidation sites excluding steroid dienone is 1. The molecule has 0 saturated heterocycles. The highest BCUT2D eigenvalue weighted by Gasteiger charge is 2.22. The first-order chi connectivity index (χ1) is 19.8. The lowest BCUT2D eigenvalue weighted by Gasteiger charge is -2.27. The molecular weight excluding hydrogens is 510 g/mol. The Kier molecular flexibility index (Phi) is 11.4. The molecule has 0 fully saturated rings. The molecule has 0 aliphatic carbocycles. The van der Waals surface area contributed by atoms with E-state index in [1.54, 1.807) is 0 Å². The van der Waals surface area contributed by atoms with Crippen LogP contribution in [0.3, 0.4) is 0 Å². The second-order valence-corrected chi connectivity index (χ2v) is 13.7. The van der Waals surface area contributed by atoms with E-state index in [1.165, 1.54) is 44.5 Å². The standard InChI is InChI=1S/C39H55N3/c1-24(2)31-17-14-18-32(25(3)4)37(31)30(13)23-42(39-35(28(9)10)21-16-22-36(39)29(11)12)41-40-38-33(26(5)6)19-15-20-34(38)27(7)8/h14-29H,1-13H3/b30-23+,41-40?. The van der Waals surface area contributed by atoms with Gasteiger partial charge in [-0.25, -0.2) is 5.01 Å². The van der Waals surface area contributed by atoms with Crippen LogP contribution in [-0.2, 0) is 0 Å². The molecule has 0 heterocycles. The summed E-state index contributed by atoms with van der Waals surface area (Å²) in [6.45, 7) is 29.4. The maximum atomic E-state index is 5.13. The lowest BCUT2D eigenvalue weighted by Crippen LogP contribution is -2.15. The van der Waals surface area contributed by atoms with Crippen LogP contribution in [0.25, 0.3) is 5.57 Å². The largest absolute Gasteiger partial charge is 0.222 e. The van der Waals surface area contributed by atoms with Gasteiger partial charge in [-0.2, -0.15) is 0 Å². The fourth-order valence-corrected chi connectivity index (χ4v) is 5.89. The van der Waals surface area contributed by atoms with Crippen LogP contribution in [0.15, 0.2) is 71.1 Å². The van der Waals surface area contributed by atoms with Gasteiger partial charge in [0.15, 0.2) is 0 Å². The zero-order valence-electron chi connectivity index (χ0n) is 28.6. The molecule has 3 nitrogen and oxygen atoms in total. The average Bonchev–Trinajstić information content (AvgIpc) is 2.93. The minimum absolute atomic E-state index is 0.341. The molecule has 0 amide bonds. The van der Waals surface area contributed by atoms with E-state index in [-0.39, 0.29) is 0 Å². The predicted molar refractivity (Wildman–Crippen MR) is 185 cm³/mol. The summed E-state index contributed by atoms with van der Waals surface area (Å²) in [5.74, 6) is 2.21. The molecule has 0 bridgehead atoms. The summed E-state index contributed by atoms with van der Waals surface area (Å²) in [4.78, 5) is 0. The van der Waals surface area contributed by atoms with Crippen molar-refractivity contribution in [3.63, 3.8) is 0 Å². The number of benzene rings is 3. The van der Waals surface area contributed by atoms with E-state index in [1.807, 2.05) is 0 Å². The van der Waals surface area contributed by atoms with E-state index in [0.29, 0.717) is 35.5 Å². The first kappa shape index (κ1) is 33.3. The molecule has 0 radical (unpaired) electrons. The van der Waals surface area contributed by atoms with E-state index in [9.17, 15) is 0 Å².